The van der Waals surface area contributed by atoms with Crippen molar-refractivity contribution in [1.29, 1.82) is 0 Å². The van der Waals surface area contributed by atoms with E-state index in [1.54, 1.807) is 26.4 Å². The molecule has 178 valence electrons. The third-order valence-electron chi connectivity index (χ3n) is 5.78. The Balaban J connectivity index is 1.73. The number of ether oxygens (including phenoxy) is 1. The van der Waals surface area contributed by atoms with Crippen molar-refractivity contribution in [2.45, 2.75) is 45.2 Å². The molecular weight excluding hydrogens is 422 g/mol. The first kappa shape index (κ1) is 24.3. The van der Waals surface area contributed by atoms with Gasteiger partial charge < -0.3 is 25.7 Å². The highest BCUT2D eigenvalue weighted by Crippen LogP contribution is 2.26. The molecule has 1 aliphatic rings. The first-order valence-electron chi connectivity index (χ1n) is 11.3. The molecule has 1 aromatic heterocycles. The molecule has 1 aromatic carbocycles. The quantitative estimate of drug-likeness (QED) is 0.409. The normalized spacial score (nSPS) is 17.8. The summed E-state index contributed by atoms with van der Waals surface area (Å²) in [5.41, 5.74) is 1.13. The Morgan fingerprint density at radius 1 is 1.30 bits per heavy atom. The Kier molecular flexibility index (Phi) is 8.08. The molecule has 9 nitrogen and oxygen atoms in total. The van der Waals surface area contributed by atoms with Crippen LogP contribution in [0, 0.1) is 11.8 Å². The van der Waals surface area contributed by atoms with Crippen LogP contribution in [0.15, 0.2) is 29.3 Å². The van der Waals surface area contributed by atoms with Gasteiger partial charge in [0, 0.05) is 36.6 Å². The van der Waals surface area contributed by atoms with Crippen LogP contribution in [0.5, 0.6) is 5.75 Å². The fraction of sp³-hybridized carbons (Fsp3) is 0.500. The molecule has 3 atom stereocenters. The van der Waals surface area contributed by atoms with Crippen LogP contribution >= 0.6 is 0 Å². The van der Waals surface area contributed by atoms with E-state index in [1.165, 1.54) is 0 Å². The molecule has 33 heavy (non-hydrogen) atoms. The zero-order chi connectivity index (χ0) is 24.0. The van der Waals surface area contributed by atoms with Gasteiger partial charge in [-0.2, -0.15) is 0 Å². The minimum atomic E-state index is -0.726. The van der Waals surface area contributed by atoms with Crippen LogP contribution in [0.4, 0.5) is 0 Å². The summed E-state index contributed by atoms with van der Waals surface area (Å²) in [4.78, 5) is 45.2. The van der Waals surface area contributed by atoms with Crippen LogP contribution < -0.4 is 20.7 Å². The van der Waals surface area contributed by atoms with Crippen molar-refractivity contribution >= 4 is 34.8 Å². The van der Waals surface area contributed by atoms with E-state index in [2.05, 4.69) is 25.9 Å². The SMILES string of the molecule is CN=C[C@H](C[C@@H]1CCNC1=O)NC(=O)[C@H](CC(C)C)NC(=O)c1cc2c(OC)cccc2[nH]1. The van der Waals surface area contributed by atoms with Crippen molar-refractivity contribution in [1.82, 2.24) is 20.9 Å². The minimum Gasteiger partial charge on any atom is -0.496 e. The maximum absolute atomic E-state index is 13.1. The zero-order valence-electron chi connectivity index (χ0n) is 19.6. The predicted molar refractivity (Wildman–Crippen MR) is 128 cm³/mol. The van der Waals surface area contributed by atoms with Crippen LogP contribution in [0.2, 0.25) is 0 Å². The standard InChI is InChI=1S/C24H33N5O4/c1-14(2)10-19(23(31)27-16(13-25-3)11-15-8-9-26-22(15)30)29-24(32)20-12-17-18(28-20)6-5-7-21(17)33-4/h5-7,12-16,19,28H,8-11H2,1-4H3,(H,26,30)(H,27,31)(H,29,32)/t15-,16-,19-/m0/s1. The fourth-order valence-corrected chi connectivity index (χ4v) is 4.16. The van der Waals surface area contributed by atoms with Gasteiger partial charge in [-0.15, -0.1) is 0 Å². The lowest BCUT2D eigenvalue weighted by molar-refractivity contribution is -0.125. The largest absolute Gasteiger partial charge is 0.496 e. The number of hydrogen-bond donors (Lipinski definition) is 4. The van der Waals surface area contributed by atoms with Gasteiger partial charge in [0.25, 0.3) is 5.91 Å². The third-order valence-corrected chi connectivity index (χ3v) is 5.78. The van der Waals surface area contributed by atoms with E-state index in [-0.39, 0.29) is 35.6 Å². The van der Waals surface area contributed by atoms with Gasteiger partial charge in [0.1, 0.15) is 17.5 Å². The van der Waals surface area contributed by atoms with Crippen molar-refractivity contribution in [3.8, 4) is 5.75 Å². The van der Waals surface area contributed by atoms with Crippen molar-refractivity contribution in [2.75, 3.05) is 20.7 Å². The van der Waals surface area contributed by atoms with E-state index in [4.69, 9.17) is 4.74 Å². The molecule has 1 fully saturated rings. The topological polar surface area (TPSA) is 125 Å². The lowest BCUT2D eigenvalue weighted by Gasteiger charge is -2.23. The number of hydrogen-bond acceptors (Lipinski definition) is 5. The number of nitrogens with one attached hydrogen (secondary N) is 4. The highest BCUT2D eigenvalue weighted by Gasteiger charge is 2.30. The summed E-state index contributed by atoms with van der Waals surface area (Å²) in [7, 11) is 3.21. The van der Waals surface area contributed by atoms with E-state index in [1.807, 2.05) is 32.0 Å². The van der Waals surface area contributed by atoms with Gasteiger partial charge in [-0.05, 0) is 43.4 Å². The van der Waals surface area contributed by atoms with Gasteiger partial charge in [0.05, 0.1) is 13.2 Å². The second kappa shape index (κ2) is 11.0. The van der Waals surface area contributed by atoms with Crippen LogP contribution in [-0.2, 0) is 9.59 Å². The number of amides is 3. The number of aromatic amines is 1. The Labute approximate surface area is 193 Å². The molecule has 4 N–H and O–H groups in total. The number of aromatic nitrogens is 1. The summed E-state index contributed by atoms with van der Waals surface area (Å²) < 4.78 is 5.36. The Hall–Kier alpha value is -3.36. The van der Waals surface area contributed by atoms with Crippen molar-refractivity contribution in [3.05, 3.63) is 30.0 Å². The molecule has 2 aromatic rings. The molecular formula is C24H33N5O4. The second-order valence-electron chi connectivity index (χ2n) is 8.79. The highest BCUT2D eigenvalue weighted by atomic mass is 16.5. The maximum Gasteiger partial charge on any atom is 0.268 e. The van der Waals surface area contributed by atoms with Gasteiger partial charge in [-0.3, -0.25) is 19.4 Å². The Bertz CT molecular complexity index is 1030. The lowest BCUT2D eigenvalue weighted by atomic mass is 9.97. The molecule has 3 amide bonds. The Morgan fingerprint density at radius 2 is 2.09 bits per heavy atom. The monoisotopic (exact) mass is 455 g/mol. The second-order valence-corrected chi connectivity index (χ2v) is 8.79. The summed E-state index contributed by atoms with van der Waals surface area (Å²) in [6.07, 6.45) is 3.32. The molecule has 0 bridgehead atoms. The summed E-state index contributed by atoms with van der Waals surface area (Å²) in [6.45, 7) is 4.64. The number of H-pyrrole nitrogens is 1. The van der Waals surface area contributed by atoms with E-state index >= 15 is 0 Å². The average Bonchev–Trinajstić information content (AvgIpc) is 3.39. The van der Waals surface area contributed by atoms with Crippen LogP contribution in [-0.4, -0.2) is 61.7 Å². The first-order chi connectivity index (χ1) is 15.8. The predicted octanol–water partition coefficient (Wildman–Crippen LogP) is 2.03. The van der Waals surface area contributed by atoms with Gasteiger partial charge >= 0.3 is 0 Å². The number of benzene rings is 1. The molecule has 0 radical (unpaired) electrons. The van der Waals surface area contributed by atoms with Crippen molar-refractivity contribution in [3.63, 3.8) is 0 Å². The third kappa shape index (κ3) is 6.12. The van der Waals surface area contributed by atoms with Crippen LogP contribution in [0.3, 0.4) is 0 Å². The molecule has 0 unspecified atom stereocenters. The van der Waals surface area contributed by atoms with Gasteiger partial charge in [0.2, 0.25) is 11.8 Å². The number of aliphatic imine (C=N–C) groups is 1. The molecule has 0 aliphatic carbocycles. The number of fused-ring (bicyclic) bond motifs is 1. The smallest absolute Gasteiger partial charge is 0.268 e. The Morgan fingerprint density at radius 3 is 2.73 bits per heavy atom. The van der Waals surface area contributed by atoms with E-state index < -0.39 is 6.04 Å². The van der Waals surface area contributed by atoms with Gasteiger partial charge in [-0.25, -0.2) is 0 Å². The zero-order valence-corrected chi connectivity index (χ0v) is 19.6. The van der Waals surface area contributed by atoms with E-state index in [0.29, 0.717) is 30.8 Å². The molecule has 0 spiro atoms. The first-order valence-corrected chi connectivity index (χ1v) is 11.3. The summed E-state index contributed by atoms with van der Waals surface area (Å²) >= 11 is 0. The number of carbonyl (C=O) groups is 3. The molecule has 3 rings (SSSR count). The highest BCUT2D eigenvalue weighted by molar-refractivity contribution is 6.01. The number of rotatable bonds is 10. The van der Waals surface area contributed by atoms with Crippen LogP contribution in [0.25, 0.3) is 10.9 Å². The molecule has 9 heteroatoms. The van der Waals surface area contributed by atoms with Crippen LogP contribution in [0.1, 0.15) is 43.6 Å². The summed E-state index contributed by atoms with van der Waals surface area (Å²) in [5, 5.41) is 9.44. The molecule has 2 heterocycles. The van der Waals surface area contributed by atoms with Crippen molar-refractivity contribution < 1.29 is 19.1 Å². The molecule has 1 saturated heterocycles. The minimum absolute atomic E-state index is 0.0000227. The van der Waals surface area contributed by atoms with E-state index in [0.717, 1.165) is 17.3 Å². The summed E-state index contributed by atoms with van der Waals surface area (Å²) in [5.74, 6) is 0.0199. The van der Waals surface area contributed by atoms with Crippen molar-refractivity contribution in [2.24, 2.45) is 16.8 Å². The maximum atomic E-state index is 13.1. The average molecular weight is 456 g/mol. The number of nitrogens with zero attached hydrogens (tertiary/aromatic N) is 1. The molecule has 0 saturated carbocycles. The fourth-order valence-electron chi connectivity index (χ4n) is 4.16. The van der Waals surface area contributed by atoms with Gasteiger partial charge in [0.15, 0.2) is 0 Å². The lowest BCUT2D eigenvalue weighted by Crippen LogP contribution is -2.51. The van der Waals surface area contributed by atoms with E-state index in [9.17, 15) is 14.4 Å². The summed E-state index contributed by atoms with van der Waals surface area (Å²) in [6, 6.07) is 6.14. The van der Waals surface area contributed by atoms with Gasteiger partial charge in [-0.1, -0.05) is 19.9 Å². The molecule has 1 aliphatic heterocycles. The number of methoxy groups -OCH3 is 1. The number of carbonyl (C=O) groups excluding carboxylic acids is 3.